The number of rotatable bonds is 9. The number of nitrogens with zero attached hydrogens (tertiary/aromatic N) is 1. The number of allylic oxidation sites excluding steroid dienone is 4. The minimum atomic E-state index is -0.516. The van der Waals surface area contributed by atoms with Gasteiger partial charge in [-0.2, -0.15) is 0 Å². The van der Waals surface area contributed by atoms with Crippen LogP contribution in [-0.4, -0.2) is 0 Å². The van der Waals surface area contributed by atoms with Crippen LogP contribution in [0, 0.1) is 0 Å². The highest BCUT2D eigenvalue weighted by Crippen LogP contribution is 2.57. The van der Waals surface area contributed by atoms with E-state index in [1.54, 1.807) is 0 Å². The molecule has 2 aliphatic carbocycles. The molecule has 1 nitrogen and oxygen atoms in total. The quantitative estimate of drug-likeness (QED) is 0.141. The van der Waals surface area contributed by atoms with Crippen LogP contribution in [0.2, 0.25) is 0 Å². The fraction of sp³-hybridized carbons (Fsp3) is 0.0492. The Bertz CT molecular complexity index is 3050. The first kappa shape index (κ1) is 37.3. The molecule has 0 aromatic heterocycles. The topological polar surface area (TPSA) is 3.24 Å². The highest BCUT2D eigenvalue weighted by molar-refractivity contribution is 5.95. The lowest BCUT2D eigenvalue weighted by molar-refractivity contribution is 0.768. The zero-order chi connectivity index (χ0) is 41.3. The first-order chi connectivity index (χ1) is 30.8. The zero-order valence-electron chi connectivity index (χ0n) is 34.5. The number of fused-ring (bicyclic) bond motifs is 3. The van der Waals surface area contributed by atoms with Crippen LogP contribution in [-0.2, 0) is 5.41 Å². The van der Waals surface area contributed by atoms with Crippen LogP contribution in [0.4, 0.5) is 17.1 Å². The first-order valence-electron chi connectivity index (χ1n) is 21.7. The Balaban J connectivity index is 1.15. The summed E-state index contributed by atoms with van der Waals surface area (Å²) in [6, 6.07) is 84.8. The summed E-state index contributed by atoms with van der Waals surface area (Å²) >= 11 is 0. The molecule has 0 bridgehead atoms. The number of anilines is 3. The van der Waals surface area contributed by atoms with Crippen LogP contribution in [0.3, 0.4) is 0 Å². The van der Waals surface area contributed by atoms with Crippen LogP contribution in [0.5, 0.6) is 0 Å². The van der Waals surface area contributed by atoms with Gasteiger partial charge in [0.05, 0.1) is 5.41 Å². The Morgan fingerprint density at radius 1 is 0.323 bits per heavy atom. The molecule has 294 valence electrons. The van der Waals surface area contributed by atoms with E-state index in [1.807, 2.05) is 0 Å². The van der Waals surface area contributed by atoms with E-state index in [0.29, 0.717) is 0 Å². The smallest absolute Gasteiger partial charge is 0.0714 e. The molecule has 11 rings (SSSR count). The van der Waals surface area contributed by atoms with Crippen molar-refractivity contribution in [3.05, 3.63) is 277 Å². The summed E-state index contributed by atoms with van der Waals surface area (Å²) in [5.41, 5.74) is 20.2. The molecule has 0 saturated heterocycles. The lowest BCUT2D eigenvalue weighted by atomic mass is 9.67. The van der Waals surface area contributed by atoms with Crippen molar-refractivity contribution in [2.75, 3.05) is 4.90 Å². The Morgan fingerprint density at radius 2 is 0.806 bits per heavy atom. The third kappa shape index (κ3) is 6.42. The van der Waals surface area contributed by atoms with Crippen molar-refractivity contribution >= 4 is 22.6 Å². The summed E-state index contributed by atoms with van der Waals surface area (Å²) in [6.45, 7) is 0. The maximum absolute atomic E-state index is 2.47. The van der Waals surface area contributed by atoms with Gasteiger partial charge in [-0.25, -0.2) is 0 Å². The summed E-state index contributed by atoms with van der Waals surface area (Å²) in [6.07, 6.45) is 9.12. The minimum absolute atomic E-state index is 0.516. The van der Waals surface area contributed by atoms with E-state index in [0.717, 1.165) is 29.9 Å². The van der Waals surface area contributed by atoms with Gasteiger partial charge in [0.2, 0.25) is 0 Å². The van der Waals surface area contributed by atoms with Crippen molar-refractivity contribution in [2.45, 2.75) is 18.3 Å². The SMILES string of the molecule is C1=CC(c2ccccc2-c2ccc(N(c3ccc(-c4ccccc4)cc3)c3ccc4c(c3)C(c3ccccc3)(c3ccccc3)c3ccccc3-4)cc2-c2ccccc2)=CCC1. The third-order valence-corrected chi connectivity index (χ3v) is 12.8. The van der Waals surface area contributed by atoms with Gasteiger partial charge < -0.3 is 4.90 Å². The molecule has 0 aliphatic heterocycles. The van der Waals surface area contributed by atoms with Crippen molar-refractivity contribution in [1.82, 2.24) is 0 Å². The lowest BCUT2D eigenvalue weighted by Crippen LogP contribution is -2.28. The van der Waals surface area contributed by atoms with Crippen molar-refractivity contribution in [3.63, 3.8) is 0 Å². The summed E-state index contributed by atoms with van der Waals surface area (Å²) < 4.78 is 0. The molecule has 0 fully saturated rings. The Morgan fingerprint density at radius 3 is 1.45 bits per heavy atom. The molecule has 0 atom stereocenters. The van der Waals surface area contributed by atoms with Gasteiger partial charge >= 0.3 is 0 Å². The average Bonchev–Trinajstić information content (AvgIpc) is 3.66. The molecule has 0 heterocycles. The lowest BCUT2D eigenvalue weighted by Gasteiger charge is -2.35. The third-order valence-electron chi connectivity index (χ3n) is 12.8. The average molecular weight is 792 g/mol. The van der Waals surface area contributed by atoms with E-state index in [9.17, 15) is 0 Å². The Kier molecular flexibility index (Phi) is 9.64. The second-order valence-corrected chi connectivity index (χ2v) is 16.3. The highest BCUT2D eigenvalue weighted by atomic mass is 15.1. The second-order valence-electron chi connectivity index (χ2n) is 16.3. The molecule has 0 amide bonds. The van der Waals surface area contributed by atoms with E-state index in [-0.39, 0.29) is 0 Å². The number of benzene rings is 9. The van der Waals surface area contributed by atoms with Crippen molar-refractivity contribution in [3.8, 4) is 44.5 Å². The van der Waals surface area contributed by atoms with Crippen LogP contribution < -0.4 is 4.90 Å². The first-order valence-corrected chi connectivity index (χ1v) is 21.7. The molecule has 0 radical (unpaired) electrons. The maximum atomic E-state index is 2.47. The zero-order valence-corrected chi connectivity index (χ0v) is 34.5. The minimum Gasteiger partial charge on any atom is -0.310 e. The van der Waals surface area contributed by atoms with E-state index in [4.69, 9.17) is 0 Å². The largest absolute Gasteiger partial charge is 0.310 e. The van der Waals surface area contributed by atoms with E-state index >= 15 is 0 Å². The molecule has 9 aromatic carbocycles. The second kappa shape index (κ2) is 16.0. The van der Waals surface area contributed by atoms with Gasteiger partial charge in [0.15, 0.2) is 0 Å². The molecule has 62 heavy (non-hydrogen) atoms. The fourth-order valence-electron chi connectivity index (χ4n) is 10.00. The highest BCUT2D eigenvalue weighted by Gasteiger charge is 2.46. The molecule has 0 spiro atoms. The molecule has 2 aliphatic rings. The van der Waals surface area contributed by atoms with Crippen molar-refractivity contribution < 1.29 is 0 Å². The van der Waals surface area contributed by atoms with Crippen LogP contribution in [0.1, 0.15) is 40.7 Å². The van der Waals surface area contributed by atoms with Crippen LogP contribution in [0.15, 0.2) is 249 Å². The Hall–Kier alpha value is -7.74. The molecular weight excluding hydrogens is 747 g/mol. The van der Waals surface area contributed by atoms with Gasteiger partial charge in [-0.15, -0.1) is 0 Å². The normalized spacial score (nSPS) is 13.5. The standard InChI is InChI=1S/C61H45N/c1-6-20-44(21-7-1)45-34-36-50(37-35-45)62(51-38-40-55(58(42-51)47-24-10-3-11-25-47)54-31-17-16-30-53(54)46-22-8-2-9-23-46)52-39-41-57-56-32-18-19-33-59(56)61(60(57)43-52,48-26-12-4-13-27-48)49-28-14-5-15-29-49/h1,3-8,10-43H,2,9H2. The number of hydrogen-bond acceptors (Lipinski definition) is 1. The molecule has 9 aromatic rings. The molecular formula is C61H45N. The molecule has 0 N–H and O–H groups in total. The van der Waals surface area contributed by atoms with E-state index < -0.39 is 5.41 Å². The Labute approximate surface area is 365 Å². The van der Waals surface area contributed by atoms with E-state index in [1.165, 1.54) is 77.9 Å². The summed E-state index contributed by atoms with van der Waals surface area (Å²) in [5.74, 6) is 0. The van der Waals surface area contributed by atoms with Gasteiger partial charge in [-0.1, -0.05) is 212 Å². The molecule has 1 heteroatoms. The van der Waals surface area contributed by atoms with Crippen LogP contribution in [0.25, 0.3) is 50.1 Å². The van der Waals surface area contributed by atoms with Gasteiger partial charge in [0.25, 0.3) is 0 Å². The molecule has 0 saturated carbocycles. The summed E-state index contributed by atoms with van der Waals surface area (Å²) in [4.78, 5) is 2.45. The van der Waals surface area contributed by atoms with Crippen molar-refractivity contribution in [1.29, 1.82) is 0 Å². The van der Waals surface area contributed by atoms with E-state index in [2.05, 4.69) is 254 Å². The van der Waals surface area contributed by atoms with Gasteiger partial charge in [0.1, 0.15) is 0 Å². The number of hydrogen-bond donors (Lipinski definition) is 0. The van der Waals surface area contributed by atoms with Crippen molar-refractivity contribution in [2.24, 2.45) is 0 Å². The van der Waals surface area contributed by atoms with Crippen LogP contribution >= 0.6 is 0 Å². The predicted molar refractivity (Wildman–Crippen MR) is 261 cm³/mol. The molecule has 0 unspecified atom stereocenters. The maximum Gasteiger partial charge on any atom is 0.0714 e. The predicted octanol–water partition coefficient (Wildman–Crippen LogP) is 16.3. The van der Waals surface area contributed by atoms with Gasteiger partial charge in [-0.3, -0.25) is 0 Å². The fourth-order valence-corrected chi connectivity index (χ4v) is 10.00. The van der Waals surface area contributed by atoms with Gasteiger partial charge in [-0.05, 0) is 127 Å². The van der Waals surface area contributed by atoms with Gasteiger partial charge in [0, 0.05) is 17.1 Å². The summed E-state index contributed by atoms with van der Waals surface area (Å²) in [7, 11) is 0. The monoisotopic (exact) mass is 791 g/mol. The summed E-state index contributed by atoms with van der Waals surface area (Å²) in [5, 5.41) is 0.